The fraction of sp³-hybridized carbons (Fsp3) is 1.00. The molecule has 0 amide bonds. The molecule has 0 aromatic carbocycles. The van der Waals surface area contributed by atoms with Gasteiger partial charge in [-0.05, 0) is 110 Å². The van der Waals surface area contributed by atoms with Gasteiger partial charge < -0.3 is 0 Å². The third-order valence-corrected chi connectivity index (χ3v) is 10.4. The zero-order chi connectivity index (χ0) is 18.5. The molecule has 0 spiro atoms. The van der Waals surface area contributed by atoms with Gasteiger partial charge in [0.2, 0.25) is 0 Å². The second-order valence-corrected chi connectivity index (χ2v) is 12.1. The van der Waals surface area contributed by atoms with Gasteiger partial charge in [0.1, 0.15) is 0 Å². The summed E-state index contributed by atoms with van der Waals surface area (Å²) in [4.78, 5) is 0. The smallest absolute Gasteiger partial charge is 0.0290 e. The number of hydrogen-bond donors (Lipinski definition) is 0. The Morgan fingerprint density at radius 3 is 1.69 bits per heavy atom. The molecule has 0 bridgehead atoms. The molecule has 5 atom stereocenters. The lowest BCUT2D eigenvalue weighted by Crippen LogP contribution is -2.39. The first kappa shape index (κ1) is 19.3. The highest BCUT2D eigenvalue weighted by atomic mass is 14.6. The Kier molecular flexibility index (Phi) is 5.53. The van der Waals surface area contributed by atoms with Crippen LogP contribution in [0.15, 0.2) is 0 Å². The van der Waals surface area contributed by atoms with Crippen molar-refractivity contribution in [1.82, 2.24) is 0 Å². The SMILES string of the molecule is CC1CCC(C2CCC(C3CC4CCC(C)C(C)C4C3(C)C)CC2)CC1. The zero-order valence-corrected chi connectivity index (χ0v) is 18.5. The van der Waals surface area contributed by atoms with Gasteiger partial charge in [0.25, 0.3) is 0 Å². The molecule has 0 saturated heterocycles. The minimum atomic E-state index is 0.594. The molecule has 5 unspecified atom stereocenters. The molecule has 0 aromatic rings. The lowest BCUT2D eigenvalue weighted by molar-refractivity contribution is 0.0259. The molecule has 0 aliphatic heterocycles. The molecule has 150 valence electrons. The van der Waals surface area contributed by atoms with Crippen molar-refractivity contribution in [3.8, 4) is 0 Å². The van der Waals surface area contributed by atoms with E-state index in [2.05, 4.69) is 34.6 Å². The molecule has 0 N–H and O–H groups in total. The molecule has 0 heteroatoms. The summed E-state index contributed by atoms with van der Waals surface area (Å²) in [5.41, 5.74) is 0.594. The Labute approximate surface area is 164 Å². The maximum atomic E-state index is 2.67. The molecule has 4 aliphatic carbocycles. The van der Waals surface area contributed by atoms with Crippen LogP contribution in [0.1, 0.15) is 105 Å². The zero-order valence-electron chi connectivity index (χ0n) is 18.5. The van der Waals surface area contributed by atoms with Gasteiger partial charge in [-0.15, -0.1) is 0 Å². The molecule has 4 saturated carbocycles. The largest absolute Gasteiger partial charge is 0.0625 e. The molecular formula is C26H46. The lowest BCUT2D eigenvalue weighted by atomic mass is 9.59. The van der Waals surface area contributed by atoms with E-state index in [1.807, 2.05) is 0 Å². The van der Waals surface area contributed by atoms with Gasteiger partial charge in [-0.25, -0.2) is 0 Å². The average molecular weight is 359 g/mol. The first-order valence-corrected chi connectivity index (χ1v) is 12.4. The van der Waals surface area contributed by atoms with E-state index in [9.17, 15) is 0 Å². The highest BCUT2D eigenvalue weighted by Crippen LogP contribution is 2.62. The molecule has 4 rings (SSSR count). The Morgan fingerprint density at radius 1 is 0.577 bits per heavy atom. The maximum Gasteiger partial charge on any atom is -0.0290 e. The Morgan fingerprint density at radius 2 is 1.08 bits per heavy atom. The highest BCUT2D eigenvalue weighted by molar-refractivity contribution is 5.04. The fourth-order valence-corrected chi connectivity index (χ4v) is 8.71. The van der Waals surface area contributed by atoms with E-state index in [-0.39, 0.29) is 0 Å². The molecule has 4 aliphatic rings. The van der Waals surface area contributed by atoms with Crippen LogP contribution in [0.25, 0.3) is 0 Å². The number of rotatable bonds is 2. The number of fused-ring (bicyclic) bond motifs is 1. The molecule has 0 radical (unpaired) electrons. The van der Waals surface area contributed by atoms with Crippen LogP contribution < -0.4 is 0 Å². The van der Waals surface area contributed by atoms with Crippen LogP contribution in [-0.2, 0) is 0 Å². The molecule has 0 heterocycles. The second kappa shape index (κ2) is 7.44. The van der Waals surface area contributed by atoms with Crippen LogP contribution in [0, 0.1) is 58.7 Å². The van der Waals surface area contributed by atoms with Crippen LogP contribution in [0.4, 0.5) is 0 Å². The highest BCUT2D eigenvalue weighted by Gasteiger charge is 2.55. The Hall–Kier alpha value is 0. The van der Waals surface area contributed by atoms with E-state index < -0.39 is 0 Å². The number of hydrogen-bond acceptors (Lipinski definition) is 0. The third-order valence-electron chi connectivity index (χ3n) is 10.4. The van der Waals surface area contributed by atoms with Crippen molar-refractivity contribution in [2.75, 3.05) is 0 Å². The summed E-state index contributed by atoms with van der Waals surface area (Å²) < 4.78 is 0. The van der Waals surface area contributed by atoms with E-state index in [0.29, 0.717) is 5.41 Å². The summed E-state index contributed by atoms with van der Waals surface area (Å²) in [5.74, 6) is 9.24. The molecule has 0 nitrogen and oxygen atoms in total. The van der Waals surface area contributed by atoms with Crippen molar-refractivity contribution in [2.45, 2.75) is 105 Å². The van der Waals surface area contributed by atoms with E-state index in [1.165, 1.54) is 25.7 Å². The standard InChI is InChI=1S/C26H46/c1-17-6-9-20(10-7-17)21-12-14-22(15-13-21)24-16-23-11-8-18(2)19(3)25(23)26(24,4)5/h17-25H,6-16H2,1-5H3. The molecule has 26 heavy (non-hydrogen) atoms. The van der Waals surface area contributed by atoms with Gasteiger partial charge >= 0.3 is 0 Å². The van der Waals surface area contributed by atoms with Gasteiger partial charge in [0.05, 0.1) is 0 Å². The minimum absolute atomic E-state index is 0.594. The molecule has 0 aromatic heterocycles. The van der Waals surface area contributed by atoms with E-state index in [0.717, 1.165) is 53.3 Å². The lowest BCUT2D eigenvalue weighted by Gasteiger charge is -2.46. The van der Waals surface area contributed by atoms with E-state index >= 15 is 0 Å². The van der Waals surface area contributed by atoms with Crippen LogP contribution in [0.3, 0.4) is 0 Å². The van der Waals surface area contributed by atoms with Crippen LogP contribution in [0.5, 0.6) is 0 Å². The van der Waals surface area contributed by atoms with Crippen molar-refractivity contribution >= 4 is 0 Å². The Balaban J connectivity index is 1.37. The maximum absolute atomic E-state index is 2.67. The molecule has 4 fully saturated rings. The minimum Gasteiger partial charge on any atom is -0.0625 e. The van der Waals surface area contributed by atoms with Crippen molar-refractivity contribution in [1.29, 1.82) is 0 Å². The van der Waals surface area contributed by atoms with Crippen LogP contribution >= 0.6 is 0 Å². The van der Waals surface area contributed by atoms with Crippen molar-refractivity contribution in [3.63, 3.8) is 0 Å². The third kappa shape index (κ3) is 3.41. The molecular weight excluding hydrogens is 312 g/mol. The normalized spacial score (nSPS) is 51.8. The van der Waals surface area contributed by atoms with Gasteiger partial charge in [-0.3, -0.25) is 0 Å². The van der Waals surface area contributed by atoms with Gasteiger partial charge in [0, 0.05) is 0 Å². The summed E-state index contributed by atoms with van der Waals surface area (Å²) in [6.07, 6.45) is 17.0. The average Bonchev–Trinajstić information content (AvgIpc) is 2.90. The summed E-state index contributed by atoms with van der Waals surface area (Å²) in [6, 6.07) is 0. The summed E-state index contributed by atoms with van der Waals surface area (Å²) in [5, 5.41) is 0. The van der Waals surface area contributed by atoms with Crippen LogP contribution in [0.2, 0.25) is 0 Å². The Bertz CT molecular complexity index is 460. The monoisotopic (exact) mass is 358 g/mol. The fourth-order valence-electron chi connectivity index (χ4n) is 8.71. The summed E-state index contributed by atoms with van der Waals surface area (Å²) in [6.45, 7) is 12.9. The van der Waals surface area contributed by atoms with Gasteiger partial charge in [0.15, 0.2) is 0 Å². The summed E-state index contributed by atoms with van der Waals surface area (Å²) in [7, 11) is 0. The quantitative estimate of drug-likeness (QED) is 0.469. The van der Waals surface area contributed by atoms with Crippen molar-refractivity contribution in [3.05, 3.63) is 0 Å². The van der Waals surface area contributed by atoms with Gasteiger partial charge in [-0.1, -0.05) is 53.9 Å². The second-order valence-electron chi connectivity index (χ2n) is 12.1. The predicted octanol–water partition coefficient (Wildman–Crippen LogP) is 7.96. The predicted molar refractivity (Wildman–Crippen MR) is 113 cm³/mol. The van der Waals surface area contributed by atoms with E-state index in [4.69, 9.17) is 0 Å². The summed E-state index contributed by atoms with van der Waals surface area (Å²) >= 11 is 0. The van der Waals surface area contributed by atoms with Crippen LogP contribution in [-0.4, -0.2) is 0 Å². The first-order chi connectivity index (χ1) is 12.4. The van der Waals surface area contributed by atoms with Gasteiger partial charge in [-0.2, -0.15) is 0 Å². The first-order valence-electron chi connectivity index (χ1n) is 12.4. The topological polar surface area (TPSA) is 0 Å². The van der Waals surface area contributed by atoms with Crippen molar-refractivity contribution in [2.24, 2.45) is 58.7 Å². The van der Waals surface area contributed by atoms with E-state index in [1.54, 1.807) is 44.9 Å². The van der Waals surface area contributed by atoms with Crippen molar-refractivity contribution < 1.29 is 0 Å².